The number of unbranched alkanes of at least 4 members (excludes halogenated alkanes) is 2. The Morgan fingerprint density at radius 1 is 0.947 bits per heavy atom. The quantitative estimate of drug-likeness (QED) is 0.577. The Balaban J connectivity index is 2.23. The van der Waals surface area contributed by atoms with Crippen LogP contribution in [0.3, 0.4) is 0 Å². The number of ether oxygens (including phenoxy) is 2. The molecule has 0 saturated carbocycles. The third kappa shape index (κ3) is 6.71. The maximum atomic E-state index is 6.02. The molecule has 5 heteroatoms. The van der Waals surface area contributed by atoms with E-state index in [-0.39, 0.29) is 0 Å². The van der Waals surface area contributed by atoms with Gasteiger partial charge in [-0.15, -0.1) is 0 Å². The SMILES string of the molecule is CC(C)OCCCCCOc1c(Cl)cc(Cl)cc1Cl. The highest BCUT2D eigenvalue weighted by molar-refractivity contribution is 6.40. The predicted molar refractivity (Wildman–Crippen MR) is 81.9 cm³/mol. The zero-order valence-corrected chi connectivity index (χ0v) is 13.5. The molecule has 0 bridgehead atoms. The molecule has 1 rings (SSSR count). The van der Waals surface area contributed by atoms with Crippen molar-refractivity contribution in [3.63, 3.8) is 0 Å². The van der Waals surface area contributed by atoms with Crippen molar-refractivity contribution in [2.45, 2.75) is 39.2 Å². The van der Waals surface area contributed by atoms with Gasteiger partial charge in [-0.25, -0.2) is 0 Å². The van der Waals surface area contributed by atoms with E-state index in [4.69, 9.17) is 44.3 Å². The van der Waals surface area contributed by atoms with Gasteiger partial charge in [0.25, 0.3) is 0 Å². The average Bonchev–Trinajstić information content (AvgIpc) is 2.30. The molecule has 0 amide bonds. The summed E-state index contributed by atoms with van der Waals surface area (Å²) < 4.78 is 11.0. The number of halogens is 3. The van der Waals surface area contributed by atoms with E-state index in [0.717, 1.165) is 25.9 Å². The van der Waals surface area contributed by atoms with Crippen molar-refractivity contribution in [1.82, 2.24) is 0 Å². The Hall–Kier alpha value is -0.150. The summed E-state index contributed by atoms with van der Waals surface area (Å²) in [6, 6.07) is 3.25. The van der Waals surface area contributed by atoms with E-state index in [1.165, 1.54) is 0 Å². The zero-order valence-electron chi connectivity index (χ0n) is 11.2. The van der Waals surface area contributed by atoms with Crippen molar-refractivity contribution >= 4 is 34.8 Å². The molecule has 0 aromatic heterocycles. The van der Waals surface area contributed by atoms with Crippen LogP contribution in [0, 0.1) is 0 Å². The summed E-state index contributed by atoms with van der Waals surface area (Å²) in [7, 11) is 0. The van der Waals surface area contributed by atoms with Gasteiger partial charge in [0, 0.05) is 11.6 Å². The highest BCUT2D eigenvalue weighted by Gasteiger charge is 2.08. The maximum absolute atomic E-state index is 6.02. The van der Waals surface area contributed by atoms with Crippen LogP contribution in [0.1, 0.15) is 33.1 Å². The first kappa shape index (κ1) is 16.9. The molecule has 108 valence electrons. The summed E-state index contributed by atoms with van der Waals surface area (Å²) in [5, 5.41) is 1.40. The maximum Gasteiger partial charge on any atom is 0.156 e. The largest absolute Gasteiger partial charge is 0.490 e. The van der Waals surface area contributed by atoms with Crippen LogP contribution in [-0.4, -0.2) is 19.3 Å². The summed E-state index contributed by atoms with van der Waals surface area (Å²) in [5.74, 6) is 0.506. The van der Waals surface area contributed by atoms with Crippen LogP contribution in [-0.2, 0) is 4.74 Å². The van der Waals surface area contributed by atoms with E-state index >= 15 is 0 Å². The minimum absolute atomic E-state index is 0.294. The molecule has 0 fully saturated rings. The average molecular weight is 326 g/mol. The van der Waals surface area contributed by atoms with Crippen molar-refractivity contribution in [2.24, 2.45) is 0 Å². The first-order chi connectivity index (χ1) is 9.00. The van der Waals surface area contributed by atoms with Gasteiger partial charge in [0.2, 0.25) is 0 Å². The molecule has 19 heavy (non-hydrogen) atoms. The molecular formula is C14H19Cl3O2. The van der Waals surface area contributed by atoms with Gasteiger partial charge in [-0.1, -0.05) is 34.8 Å². The molecule has 0 N–H and O–H groups in total. The van der Waals surface area contributed by atoms with Gasteiger partial charge in [0.1, 0.15) is 0 Å². The Kier molecular flexibility index (Phi) is 7.93. The molecule has 1 aromatic carbocycles. The second-order valence-corrected chi connectivity index (χ2v) is 5.78. The Morgan fingerprint density at radius 2 is 1.53 bits per heavy atom. The molecule has 0 unspecified atom stereocenters. The van der Waals surface area contributed by atoms with E-state index in [2.05, 4.69) is 0 Å². The lowest BCUT2D eigenvalue weighted by molar-refractivity contribution is 0.0752. The molecule has 0 spiro atoms. The van der Waals surface area contributed by atoms with Gasteiger partial charge in [-0.2, -0.15) is 0 Å². The van der Waals surface area contributed by atoms with Crippen LogP contribution in [0.5, 0.6) is 5.75 Å². The van der Waals surface area contributed by atoms with Gasteiger partial charge >= 0.3 is 0 Å². The van der Waals surface area contributed by atoms with Gasteiger partial charge in [0.15, 0.2) is 5.75 Å². The number of rotatable bonds is 8. The summed E-state index contributed by atoms with van der Waals surface area (Å²) in [4.78, 5) is 0. The minimum atomic E-state index is 0.294. The number of benzene rings is 1. The molecule has 2 nitrogen and oxygen atoms in total. The third-order valence-corrected chi connectivity index (χ3v) is 3.23. The van der Waals surface area contributed by atoms with Gasteiger partial charge in [0.05, 0.1) is 22.8 Å². The van der Waals surface area contributed by atoms with Gasteiger partial charge in [-0.3, -0.25) is 0 Å². The fourth-order valence-corrected chi connectivity index (χ4v) is 2.47. The smallest absolute Gasteiger partial charge is 0.156 e. The zero-order chi connectivity index (χ0) is 14.3. The van der Waals surface area contributed by atoms with Crippen molar-refractivity contribution in [3.05, 3.63) is 27.2 Å². The van der Waals surface area contributed by atoms with Crippen LogP contribution < -0.4 is 4.74 Å². The molecule has 1 aromatic rings. The Bertz CT molecular complexity index is 371. The van der Waals surface area contributed by atoms with E-state index in [1.54, 1.807) is 12.1 Å². The Morgan fingerprint density at radius 3 is 2.11 bits per heavy atom. The van der Waals surface area contributed by atoms with E-state index in [9.17, 15) is 0 Å². The molecule has 0 aliphatic rings. The lowest BCUT2D eigenvalue weighted by atomic mass is 10.2. The van der Waals surface area contributed by atoms with E-state index in [0.29, 0.717) is 33.5 Å². The van der Waals surface area contributed by atoms with Crippen molar-refractivity contribution < 1.29 is 9.47 Å². The highest BCUT2D eigenvalue weighted by atomic mass is 35.5. The standard InChI is InChI=1S/C14H19Cl3O2/c1-10(2)18-6-4-3-5-7-19-14-12(16)8-11(15)9-13(14)17/h8-10H,3-7H2,1-2H3. The number of hydrogen-bond donors (Lipinski definition) is 0. The van der Waals surface area contributed by atoms with Crippen LogP contribution in [0.25, 0.3) is 0 Å². The fraction of sp³-hybridized carbons (Fsp3) is 0.571. The molecule has 0 atom stereocenters. The molecule has 0 aliphatic heterocycles. The van der Waals surface area contributed by atoms with Gasteiger partial charge < -0.3 is 9.47 Å². The molecule has 0 saturated heterocycles. The second kappa shape index (κ2) is 8.91. The monoisotopic (exact) mass is 324 g/mol. The third-order valence-electron chi connectivity index (χ3n) is 2.45. The summed E-state index contributed by atoms with van der Waals surface area (Å²) in [5.41, 5.74) is 0. The first-order valence-electron chi connectivity index (χ1n) is 6.39. The lowest BCUT2D eigenvalue weighted by Crippen LogP contribution is -2.04. The molecular weight excluding hydrogens is 307 g/mol. The van der Waals surface area contributed by atoms with E-state index < -0.39 is 0 Å². The molecule has 0 heterocycles. The number of hydrogen-bond acceptors (Lipinski definition) is 2. The summed E-state index contributed by atoms with van der Waals surface area (Å²) in [6.07, 6.45) is 3.32. The van der Waals surface area contributed by atoms with E-state index in [1.807, 2.05) is 13.8 Å². The highest BCUT2D eigenvalue weighted by Crippen LogP contribution is 2.35. The van der Waals surface area contributed by atoms with Crippen LogP contribution in [0.4, 0.5) is 0 Å². The normalized spacial score (nSPS) is 11.1. The van der Waals surface area contributed by atoms with Crippen LogP contribution in [0.15, 0.2) is 12.1 Å². The van der Waals surface area contributed by atoms with Crippen molar-refractivity contribution in [1.29, 1.82) is 0 Å². The molecule has 0 aliphatic carbocycles. The summed E-state index contributed by atoms with van der Waals surface area (Å²) >= 11 is 17.9. The van der Waals surface area contributed by atoms with Crippen LogP contribution in [0.2, 0.25) is 15.1 Å². The topological polar surface area (TPSA) is 18.5 Å². The minimum Gasteiger partial charge on any atom is -0.490 e. The van der Waals surface area contributed by atoms with Gasteiger partial charge in [-0.05, 0) is 45.2 Å². The Labute approximate surface area is 129 Å². The second-order valence-electron chi connectivity index (χ2n) is 4.53. The van der Waals surface area contributed by atoms with Crippen molar-refractivity contribution in [3.8, 4) is 5.75 Å². The fourth-order valence-electron chi connectivity index (χ4n) is 1.54. The van der Waals surface area contributed by atoms with Crippen LogP contribution >= 0.6 is 34.8 Å². The lowest BCUT2D eigenvalue weighted by Gasteiger charge is -2.10. The first-order valence-corrected chi connectivity index (χ1v) is 7.53. The predicted octanol–water partition coefficient (Wildman–Crippen LogP) is 5.62. The molecule has 0 radical (unpaired) electrons. The van der Waals surface area contributed by atoms with Crippen molar-refractivity contribution in [2.75, 3.05) is 13.2 Å². The summed E-state index contributed by atoms with van der Waals surface area (Å²) in [6.45, 7) is 5.45.